The molecule has 1 aliphatic carbocycles. The molecule has 1 unspecified atom stereocenters. The van der Waals surface area contributed by atoms with E-state index in [0.29, 0.717) is 12.8 Å². The molecule has 3 rings (SSSR count). The van der Waals surface area contributed by atoms with E-state index in [1.807, 2.05) is 43.5 Å². The first kappa shape index (κ1) is 14.3. The van der Waals surface area contributed by atoms with Crippen LogP contribution in [0.5, 0.6) is 0 Å². The number of carboxylic acid groups (broad SMARTS) is 1. The molecule has 1 amide bonds. The first-order valence-corrected chi connectivity index (χ1v) is 7.17. The van der Waals surface area contributed by atoms with Crippen molar-refractivity contribution in [2.75, 3.05) is 0 Å². The van der Waals surface area contributed by atoms with Crippen LogP contribution in [0.2, 0.25) is 0 Å². The maximum absolute atomic E-state index is 12.2. The van der Waals surface area contributed by atoms with Crippen LogP contribution in [0.15, 0.2) is 42.7 Å². The zero-order valence-corrected chi connectivity index (χ0v) is 12.2. The minimum atomic E-state index is -1.21. The van der Waals surface area contributed by atoms with Crippen molar-refractivity contribution in [3.63, 3.8) is 0 Å². The topological polar surface area (TPSA) is 84.2 Å². The van der Waals surface area contributed by atoms with Gasteiger partial charge in [0, 0.05) is 12.4 Å². The summed E-state index contributed by atoms with van der Waals surface area (Å²) in [5.41, 5.74) is 0.582. The molecule has 1 saturated carbocycles. The summed E-state index contributed by atoms with van der Waals surface area (Å²) in [4.78, 5) is 23.3. The van der Waals surface area contributed by atoms with E-state index in [9.17, 15) is 9.59 Å². The second-order valence-electron chi connectivity index (χ2n) is 5.63. The molecule has 1 fully saturated rings. The Balaban J connectivity index is 1.76. The molecule has 1 aromatic carbocycles. The summed E-state index contributed by atoms with van der Waals surface area (Å²) >= 11 is 0. The third kappa shape index (κ3) is 2.47. The Hall–Kier alpha value is -2.63. The highest BCUT2D eigenvalue weighted by molar-refractivity contribution is 6.04. The Labute approximate surface area is 127 Å². The van der Waals surface area contributed by atoms with Gasteiger partial charge in [-0.3, -0.25) is 9.59 Å². The zero-order valence-electron chi connectivity index (χ0n) is 12.2. The summed E-state index contributed by atoms with van der Waals surface area (Å²) in [7, 11) is 0. The van der Waals surface area contributed by atoms with E-state index in [4.69, 9.17) is 5.11 Å². The van der Waals surface area contributed by atoms with Crippen LogP contribution in [0, 0.1) is 5.41 Å². The SMILES string of the molecule is CC(NC(=O)C1(C(=O)O)CC1)c1cccc(-n2cccn2)c1. The van der Waals surface area contributed by atoms with Gasteiger partial charge in [0.1, 0.15) is 5.41 Å². The van der Waals surface area contributed by atoms with Gasteiger partial charge in [-0.2, -0.15) is 5.10 Å². The van der Waals surface area contributed by atoms with Crippen LogP contribution in [0.1, 0.15) is 31.4 Å². The molecule has 0 aliphatic heterocycles. The monoisotopic (exact) mass is 299 g/mol. The van der Waals surface area contributed by atoms with Gasteiger partial charge >= 0.3 is 5.97 Å². The maximum atomic E-state index is 12.2. The molecule has 1 aliphatic rings. The summed E-state index contributed by atoms with van der Waals surface area (Å²) in [5.74, 6) is -1.44. The van der Waals surface area contributed by atoms with Gasteiger partial charge in [-0.25, -0.2) is 4.68 Å². The molecule has 1 atom stereocenters. The van der Waals surface area contributed by atoms with Crippen molar-refractivity contribution in [3.05, 3.63) is 48.3 Å². The number of nitrogens with one attached hydrogen (secondary N) is 1. The number of hydrogen-bond acceptors (Lipinski definition) is 3. The predicted molar refractivity (Wildman–Crippen MR) is 79.4 cm³/mol. The second kappa shape index (κ2) is 5.29. The number of amides is 1. The largest absolute Gasteiger partial charge is 0.480 e. The lowest BCUT2D eigenvalue weighted by atomic mass is 10.0. The molecule has 1 aromatic heterocycles. The van der Waals surface area contributed by atoms with Gasteiger partial charge in [-0.05, 0) is 43.5 Å². The predicted octanol–water partition coefficient (Wildman–Crippen LogP) is 1.91. The van der Waals surface area contributed by atoms with E-state index >= 15 is 0 Å². The average Bonchev–Trinajstić information content (AvgIpc) is 3.16. The molecule has 1 heterocycles. The van der Waals surface area contributed by atoms with Crippen molar-refractivity contribution < 1.29 is 14.7 Å². The number of aliphatic carboxylic acids is 1. The van der Waals surface area contributed by atoms with Crippen LogP contribution in [0.25, 0.3) is 5.69 Å². The van der Waals surface area contributed by atoms with Crippen LogP contribution in [0.4, 0.5) is 0 Å². The van der Waals surface area contributed by atoms with Gasteiger partial charge in [0.25, 0.3) is 0 Å². The minimum Gasteiger partial charge on any atom is -0.480 e. The molecule has 6 nitrogen and oxygen atoms in total. The van der Waals surface area contributed by atoms with Crippen LogP contribution < -0.4 is 5.32 Å². The highest BCUT2D eigenvalue weighted by atomic mass is 16.4. The van der Waals surface area contributed by atoms with Crippen molar-refractivity contribution in [2.24, 2.45) is 5.41 Å². The lowest BCUT2D eigenvalue weighted by Gasteiger charge is -2.18. The number of nitrogens with zero attached hydrogens (tertiary/aromatic N) is 2. The van der Waals surface area contributed by atoms with Gasteiger partial charge in [0.05, 0.1) is 11.7 Å². The van der Waals surface area contributed by atoms with Gasteiger partial charge in [0.2, 0.25) is 5.91 Å². The van der Waals surface area contributed by atoms with Gasteiger partial charge < -0.3 is 10.4 Å². The number of rotatable bonds is 5. The molecular weight excluding hydrogens is 282 g/mol. The van der Waals surface area contributed by atoms with Gasteiger partial charge in [-0.1, -0.05) is 12.1 Å². The Bertz CT molecular complexity index is 705. The summed E-state index contributed by atoms with van der Waals surface area (Å²) in [5, 5.41) is 16.1. The standard InChI is InChI=1S/C16H17N3O3/c1-11(18-14(20)16(6-7-16)15(21)22)12-4-2-5-13(10-12)19-9-3-8-17-19/h2-5,8-11H,6-7H2,1H3,(H,18,20)(H,21,22). The molecular formula is C16H17N3O3. The van der Waals surface area contributed by atoms with Crippen molar-refractivity contribution >= 4 is 11.9 Å². The molecule has 0 bridgehead atoms. The van der Waals surface area contributed by atoms with E-state index in [2.05, 4.69) is 10.4 Å². The Kier molecular flexibility index (Phi) is 3.44. The number of aromatic nitrogens is 2. The van der Waals surface area contributed by atoms with Crippen LogP contribution in [-0.4, -0.2) is 26.8 Å². The van der Waals surface area contributed by atoms with Gasteiger partial charge in [-0.15, -0.1) is 0 Å². The number of benzene rings is 1. The third-order valence-corrected chi connectivity index (χ3v) is 4.08. The number of carboxylic acids is 1. The average molecular weight is 299 g/mol. The smallest absolute Gasteiger partial charge is 0.319 e. The number of carbonyl (C=O) groups is 2. The second-order valence-corrected chi connectivity index (χ2v) is 5.63. The molecule has 0 radical (unpaired) electrons. The minimum absolute atomic E-state index is 0.264. The number of carbonyl (C=O) groups excluding carboxylic acids is 1. The van der Waals surface area contributed by atoms with Crippen molar-refractivity contribution in [3.8, 4) is 5.69 Å². The van der Waals surface area contributed by atoms with Crippen LogP contribution >= 0.6 is 0 Å². The maximum Gasteiger partial charge on any atom is 0.319 e. The molecule has 22 heavy (non-hydrogen) atoms. The van der Waals surface area contributed by atoms with E-state index < -0.39 is 17.3 Å². The van der Waals surface area contributed by atoms with Crippen molar-refractivity contribution in [1.29, 1.82) is 0 Å². The van der Waals surface area contributed by atoms with E-state index in [-0.39, 0.29) is 6.04 Å². The summed E-state index contributed by atoms with van der Waals surface area (Å²) in [6, 6.07) is 9.21. The quantitative estimate of drug-likeness (QED) is 0.826. The van der Waals surface area contributed by atoms with E-state index in [1.165, 1.54) is 0 Å². The first-order chi connectivity index (χ1) is 10.5. The Morgan fingerprint density at radius 1 is 1.36 bits per heavy atom. The molecule has 114 valence electrons. The number of hydrogen-bond donors (Lipinski definition) is 2. The molecule has 0 spiro atoms. The summed E-state index contributed by atoms with van der Waals surface area (Å²) in [6.45, 7) is 1.85. The fraction of sp³-hybridized carbons (Fsp3) is 0.312. The van der Waals surface area contributed by atoms with Crippen molar-refractivity contribution in [2.45, 2.75) is 25.8 Å². The molecule has 0 saturated heterocycles. The van der Waals surface area contributed by atoms with Crippen LogP contribution in [-0.2, 0) is 9.59 Å². The Morgan fingerprint density at radius 3 is 2.73 bits per heavy atom. The summed E-state index contributed by atoms with van der Waals surface area (Å²) < 4.78 is 1.73. The van der Waals surface area contributed by atoms with Crippen molar-refractivity contribution in [1.82, 2.24) is 15.1 Å². The molecule has 2 aromatic rings. The normalized spacial score (nSPS) is 16.8. The first-order valence-electron chi connectivity index (χ1n) is 7.17. The zero-order chi connectivity index (χ0) is 15.7. The molecule has 2 N–H and O–H groups in total. The Morgan fingerprint density at radius 2 is 2.14 bits per heavy atom. The summed E-state index contributed by atoms with van der Waals surface area (Å²) in [6.07, 6.45) is 4.36. The lowest BCUT2D eigenvalue weighted by Crippen LogP contribution is -2.38. The lowest BCUT2D eigenvalue weighted by molar-refractivity contribution is -0.149. The highest BCUT2D eigenvalue weighted by Crippen LogP contribution is 2.46. The fourth-order valence-electron chi connectivity index (χ4n) is 2.44. The van der Waals surface area contributed by atoms with E-state index in [1.54, 1.807) is 10.9 Å². The van der Waals surface area contributed by atoms with Crippen LogP contribution in [0.3, 0.4) is 0 Å². The third-order valence-electron chi connectivity index (χ3n) is 4.08. The highest BCUT2D eigenvalue weighted by Gasteiger charge is 2.57. The van der Waals surface area contributed by atoms with Gasteiger partial charge in [0.15, 0.2) is 0 Å². The molecule has 6 heteroatoms. The van der Waals surface area contributed by atoms with E-state index in [0.717, 1.165) is 11.3 Å². The fourth-order valence-corrected chi connectivity index (χ4v) is 2.44.